The van der Waals surface area contributed by atoms with Gasteiger partial charge in [0.25, 0.3) is 5.91 Å². The molecule has 138 valence electrons. The van der Waals surface area contributed by atoms with E-state index < -0.39 is 6.10 Å². The van der Waals surface area contributed by atoms with Crippen LogP contribution in [0.25, 0.3) is 0 Å². The molecule has 4 heterocycles. The quantitative estimate of drug-likeness (QED) is 0.836. The Morgan fingerprint density at radius 2 is 2.08 bits per heavy atom. The third-order valence-corrected chi connectivity index (χ3v) is 6.21. The van der Waals surface area contributed by atoms with Crippen molar-refractivity contribution in [3.63, 3.8) is 0 Å². The van der Waals surface area contributed by atoms with E-state index in [0.29, 0.717) is 36.5 Å². The Balaban J connectivity index is 1.18. The molecule has 1 N–H and O–H groups in total. The molecule has 4 fully saturated rings. The van der Waals surface area contributed by atoms with Crippen LogP contribution in [-0.4, -0.2) is 65.2 Å². The zero-order valence-electron chi connectivity index (χ0n) is 14.4. The van der Waals surface area contributed by atoms with Crippen LogP contribution >= 0.6 is 0 Å². The highest BCUT2D eigenvalue weighted by Gasteiger charge is 2.59. The summed E-state index contributed by atoms with van der Waals surface area (Å²) in [6.07, 6.45) is 5.65. The first-order valence-corrected chi connectivity index (χ1v) is 9.29. The number of carbonyl (C=O) groups is 2. The van der Waals surface area contributed by atoms with E-state index in [1.165, 1.54) is 12.4 Å². The number of fused-ring (bicyclic) bond motifs is 2. The topological polar surface area (TPSA) is 93.7 Å². The van der Waals surface area contributed by atoms with Gasteiger partial charge in [-0.3, -0.25) is 14.6 Å². The molecule has 1 aromatic rings. The molecule has 3 aliphatic heterocycles. The number of carbonyl (C=O) groups excluding carboxylic acids is 2. The molecule has 8 nitrogen and oxygen atoms in total. The van der Waals surface area contributed by atoms with Crippen molar-refractivity contribution in [1.82, 2.24) is 14.9 Å². The van der Waals surface area contributed by atoms with Crippen LogP contribution in [0.1, 0.15) is 12.8 Å². The van der Waals surface area contributed by atoms with E-state index in [-0.39, 0.29) is 23.8 Å². The third-order valence-electron chi connectivity index (χ3n) is 6.21. The highest BCUT2D eigenvalue weighted by molar-refractivity contribution is 5.93. The number of aromatic nitrogens is 2. The maximum absolute atomic E-state index is 12.7. The van der Waals surface area contributed by atoms with Crippen molar-refractivity contribution in [3.8, 4) is 0 Å². The fourth-order valence-corrected chi connectivity index (χ4v) is 4.69. The van der Waals surface area contributed by atoms with Gasteiger partial charge in [-0.25, -0.2) is 4.98 Å². The van der Waals surface area contributed by atoms with Gasteiger partial charge in [-0.05, 0) is 30.6 Å². The number of nitrogens with one attached hydrogen (secondary N) is 1. The SMILES string of the molecule is O=C(Nc1cnccn1)[C@@H]1C[C@@H]2CCN(C(=O)C3[C@H]4COC[C@@H]34)C[C@H]2O1. The summed E-state index contributed by atoms with van der Waals surface area (Å²) < 4.78 is 11.4. The zero-order valence-corrected chi connectivity index (χ0v) is 14.4. The summed E-state index contributed by atoms with van der Waals surface area (Å²) >= 11 is 0. The van der Waals surface area contributed by atoms with E-state index in [0.717, 1.165) is 26.2 Å². The maximum Gasteiger partial charge on any atom is 0.254 e. The molecular formula is C18H22N4O4. The van der Waals surface area contributed by atoms with E-state index in [9.17, 15) is 9.59 Å². The van der Waals surface area contributed by atoms with Gasteiger partial charge in [-0.15, -0.1) is 0 Å². The molecule has 4 aliphatic rings. The Morgan fingerprint density at radius 3 is 2.85 bits per heavy atom. The molecule has 0 radical (unpaired) electrons. The normalized spacial score (nSPS) is 37.8. The number of rotatable bonds is 3. The molecule has 26 heavy (non-hydrogen) atoms. The molecule has 1 aliphatic carbocycles. The predicted molar refractivity (Wildman–Crippen MR) is 89.9 cm³/mol. The Morgan fingerprint density at radius 1 is 1.23 bits per heavy atom. The second-order valence-corrected chi connectivity index (χ2v) is 7.70. The van der Waals surface area contributed by atoms with Crippen LogP contribution in [0.2, 0.25) is 0 Å². The molecule has 6 atom stereocenters. The van der Waals surface area contributed by atoms with Crippen LogP contribution in [0.4, 0.5) is 5.82 Å². The number of likely N-dealkylation sites (tertiary alicyclic amines) is 1. The van der Waals surface area contributed by atoms with Crippen LogP contribution < -0.4 is 5.32 Å². The number of hydrogen-bond acceptors (Lipinski definition) is 6. The standard InChI is InChI=1S/C18H22N4O4/c23-17(21-15-6-19-2-3-20-15)13-5-10-1-4-22(7-14(10)26-13)18(24)16-11-8-25-9-12(11)16/h2-3,6,10-14,16H,1,4-5,7-9H2,(H,20,21,23)/t10-,11-,12+,13-,14+,16?/m0/s1. The van der Waals surface area contributed by atoms with Gasteiger partial charge in [0, 0.05) is 31.4 Å². The number of amides is 2. The van der Waals surface area contributed by atoms with Crippen molar-refractivity contribution in [2.24, 2.45) is 23.7 Å². The molecule has 0 aromatic carbocycles. The lowest BCUT2D eigenvalue weighted by atomic mass is 9.91. The number of nitrogens with zero attached hydrogens (tertiary/aromatic N) is 3. The highest BCUT2D eigenvalue weighted by Crippen LogP contribution is 2.52. The van der Waals surface area contributed by atoms with Gasteiger partial charge in [0.15, 0.2) is 5.82 Å². The Kier molecular flexibility index (Phi) is 3.90. The Bertz CT molecular complexity index is 704. The van der Waals surface area contributed by atoms with Gasteiger partial charge in [-0.2, -0.15) is 0 Å². The first-order valence-electron chi connectivity index (χ1n) is 9.29. The summed E-state index contributed by atoms with van der Waals surface area (Å²) in [5, 5.41) is 2.75. The number of ether oxygens (including phenoxy) is 2. The van der Waals surface area contributed by atoms with E-state index in [1.54, 1.807) is 6.20 Å². The van der Waals surface area contributed by atoms with Crippen LogP contribution in [0.3, 0.4) is 0 Å². The molecule has 1 saturated carbocycles. The van der Waals surface area contributed by atoms with Crippen LogP contribution in [0.5, 0.6) is 0 Å². The lowest BCUT2D eigenvalue weighted by Crippen LogP contribution is -2.46. The summed E-state index contributed by atoms with van der Waals surface area (Å²) in [5.41, 5.74) is 0. The highest BCUT2D eigenvalue weighted by atomic mass is 16.5. The van der Waals surface area contributed by atoms with E-state index in [4.69, 9.17) is 9.47 Å². The molecular weight excluding hydrogens is 336 g/mol. The molecule has 2 amide bonds. The van der Waals surface area contributed by atoms with Crippen molar-refractivity contribution in [2.45, 2.75) is 25.0 Å². The van der Waals surface area contributed by atoms with Gasteiger partial charge in [-0.1, -0.05) is 0 Å². The second-order valence-electron chi connectivity index (χ2n) is 7.70. The maximum atomic E-state index is 12.7. The van der Waals surface area contributed by atoms with Crippen molar-refractivity contribution in [1.29, 1.82) is 0 Å². The molecule has 8 heteroatoms. The lowest BCUT2D eigenvalue weighted by molar-refractivity contribution is -0.139. The predicted octanol–water partition coefficient (Wildman–Crippen LogP) is 0.314. The molecule has 1 aromatic heterocycles. The van der Waals surface area contributed by atoms with Gasteiger partial charge in [0.05, 0.1) is 25.5 Å². The van der Waals surface area contributed by atoms with Gasteiger partial charge >= 0.3 is 0 Å². The van der Waals surface area contributed by atoms with Crippen molar-refractivity contribution in [2.75, 3.05) is 31.6 Å². The summed E-state index contributed by atoms with van der Waals surface area (Å²) in [5.74, 6) is 1.82. The third kappa shape index (κ3) is 2.77. The fraction of sp³-hybridized carbons (Fsp3) is 0.667. The van der Waals surface area contributed by atoms with Crippen molar-refractivity contribution >= 4 is 17.6 Å². The van der Waals surface area contributed by atoms with Gasteiger partial charge in [0.2, 0.25) is 5.91 Å². The number of anilines is 1. The molecule has 3 saturated heterocycles. The minimum atomic E-state index is -0.490. The summed E-state index contributed by atoms with van der Waals surface area (Å²) in [6, 6.07) is 0. The molecule has 0 spiro atoms. The number of piperidine rings is 1. The van der Waals surface area contributed by atoms with Gasteiger partial charge < -0.3 is 19.7 Å². The van der Waals surface area contributed by atoms with Crippen LogP contribution in [0, 0.1) is 23.7 Å². The monoisotopic (exact) mass is 358 g/mol. The largest absolute Gasteiger partial charge is 0.381 e. The minimum absolute atomic E-state index is 0.0554. The van der Waals surface area contributed by atoms with Crippen molar-refractivity contribution in [3.05, 3.63) is 18.6 Å². The minimum Gasteiger partial charge on any atom is -0.381 e. The fourth-order valence-electron chi connectivity index (χ4n) is 4.69. The van der Waals surface area contributed by atoms with Gasteiger partial charge in [0.1, 0.15) is 6.10 Å². The summed E-state index contributed by atoms with van der Waals surface area (Å²) in [6.45, 7) is 2.80. The summed E-state index contributed by atoms with van der Waals surface area (Å²) in [4.78, 5) is 35.1. The second kappa shape index (κ2) is 6.28. The van der Waals surface area contributed by atoms with Crippen LogP contribution in [0.15, 0.2) is 18.6 Å². The summed E-state index contributed by atoms with van der Waals surface area (Å²) in [7, 11) is 0. The first-order chi connectivity index (χ1) is 12.7. The van der Waals surface area contributed by atoms with E-state index >= 15 is 0 Å². The van der Waals surface area contributed by atoms with Crippen molar-refractivity contribution < 1.29 is 19.1 Å². The Labute approximate surface area is 151 Å². The van der Waals surface area contributed by atoms with E-state index in [1.807, 2.05) is 4.90 Å². The Hall–Kier alpha value is -2.06. The average molecular weight is 358 g/mol. The van der Waals surface area contributed by atoms with Crippen LogP contribution in [-0.2, 0) is 19.1 Å². The lowest BCUT2D eigenvalue weighted by Gasteiger charge is -2.34. The zero-order chi connectivity index (χ0) is 17.7. The first kappa shape index (κ1) is 16.1. The van der Waals surface area contributed by atoms with E-state index in [2.05, 4.69) is 15.3 Å². The smallest absolute Gasteiger partial charge is 0.254 e. The molecule has 0 bridgehead atoms. The number of hydrogen-bond donors (Lipinski definition) is 1. The molecule has 1 unspecified atom stereocenters. The molecule has 5 rings (SSSR count). The average Bonchev–Trinajstić information content (AvgIpc) is 3.02.